The number of hydrogen-bond donors (Lipinski definition) is 3. The Bertz CT molecular complexity index is 994. The van der Waals surface area contributed by atoms with Crippen molar-refractivity contribution in [2.75, 3.05) is 26.4 Å². The lowest BCUT2D eigenvalue weighted by Crippen LogP contribution is -2.29. The lowest BCUT2D eigenvalue weighted by atomic mass is 10.1. The predicted octanol–water partition coefficient (Wildman–Crippen LogP) is 9.77. The van der Waals surface area contributed by atoms with Crippen LogP contribution in [0.5, 0.6) is 0 Å². The number of rotatable bonds is 36. The van der Waals surface area contributed by atoms with Crippen LogP contribution in [0, 0.1) is 0 Å². The summed E-state index contributed by atoms with van der Waals surface area (Å²) < 4.78 is 32.5. The van der Waals surface area contributed by atoms with Crippen molar-refractivity contribution in [1.29, 1.82) is 0 Å². The lowest BCUT2D eigenvalue weighted by Gasteiger charge is -2.20. The first-order valence-corrected chi connectivity index (χ1v) is 21.1. The molecule has 0 aliphatic carbocycles. The van der Waals surface area contributed by atoms with Gasteiger partial charge < -0.3 is 24.6 Å². The van der Waals surface area contributed by atoms with Gasteiger partial charge in [0.15, 0.2) is 6.10 Å². The van der Waals surface area contributed by atoms with Crippen LogP contribution in [0.15, 0.2) is 48.6 Å². The Kier molecular flexibility index (Phi) is 34.8. The van der Waals surface area contributed by atoms with Crippen LogP contribution in [0.4, 0.5) is 0 Å². The fourth-order valence-electron chi connectivity index (χ4n) is 4.93. The second-order valence-corrected chi connectivity index (χ2v) is 14.4. The van der Waals surface area contributed by atoms with Crippen molar-refractivity contribution in [3.05, 3.63) is 48.6 Å². The molecular formula is C40H71O10P. The summed E-state index contributed by atoms with van der Waals surface area (Å²) in [6.45, 7) is 2.26. The predicted molar refractivity (Wildman–Crippen MR) is 205 cm³/mol. The van der Waals surface area contributed by atoms with Crippen molar-refractivity contribution in [2.24, 2.45) is 0 Å². The van der Waals surface area contributed by atoms with E-state index in [4.69, 9.17) is 19.1 Å². The molecule has 0 aromatic rings. The van der Waals surface area contributed by atoms with Crippen LogP contribution in [-0.2, 0) is 32.7 Å². The van der Waals surface area contributed by atoms with Gasteiger partial charge in [0.25, 0.3) is 0 Å². The number of aliphatic hydroxyl groups is 2. The molecule has 0 aliphatic rings. The highest BCUT2D eigenvalue weighted by Crippen LogP contribution is 2.43. The van der Waals surface area contributed by atoms with Crippen LogP contribution < -0.4 is 0 Å². The summed E-state index contributed by atoms with van der Waals surface area (Å²) >= 11 is 0. The zero-order valence-electron chi connectivity index (χ0n) is 31.8. The Hall–Kier alpha value is -2.07. The maximum absolute atomic E-state index is 12.5. The maximum Gasteiger partial charge on any atom is 0.472 e. The summed E-state index contributed by atoms with van der Waals surface area (Å²) in [7, 11) is -4.63. The maximum atomic E-state index is 12.5. The first-order chi connectivity index (χ1) is 24.7. The molecule has 0 radical (unpaired) electrons. The number of allylic oxidation sites excluding steroid dienone is 8. The van der Waals surface area contributed by atoms with Crippen LogP contribution >= 0.6 is 7.82 Å². The Morgan fingerprint density at radius 3 is 1.59 bits per heavy atom. The van der Waals surface area contributed by atoms with Gasteiger partial charge in [0.05, 0.1) is 19.8 Å². The zero-order chi connectivity index (χ0) is 37.7. The summed E-state index contributed by atoms with van der Waals surface area (Å²) in [6, 6.07) is 0. The molecule has 10 nitrogen and oxygen atoms in total. The number of unbranched alkanes of at least 4 members (excludes halogenated alkanes) is 14. The quantitative estimate of drug-likeness (QED) is 0.0245. The van der Waals surface area contributed by atoms with Gasteiger partial charge in [-0.25, -0.2) is 4.57 Å². The molecule has 3 N–H and O–H groups in total. The average molecular weight is 743 g/mol. The molecule has 0 rings (SSSR count). The number of carbonyl (C=O) groups is 2. The van der Waals surface area contributed by atoms with E-state index in [0.29, 0.717) is 19.3 Å². The minimum atomic E-state index is -4.63. The molecule has 11 heteroatoms. The molecule has 296 valence electrons. The topological polar surface area (TPSA) is 149 Å². The smallest absolute Gasteiger partial charge is 0.462 e. The number of carbonyl (C=O) groups excluding carboxylic acids is 2. The summed E-state index contributed by atoms with van der Waals surface area (Å²) in [4.78, 5) is 34.8. The number of hydrogen-bond acceptors (Lipinski definition) is 9. The van der Waals surface area contributed by atoms with Gasteiger partial charge in [-0.2, -0.15) is 0 Å². The lowest BCUT2D eigenvalue weighted by molar-refractivity contribution is -0.161. The van der Waals surface area contributed by atoms with Crippen LogP contribution in [0.25, 0.3) is 0 Å². The molecule has 0 saturated carbocycles. The third-order valence-corrected chi connectivity index (χ3v) is 8.94. The largest absolute Gasteiger partial charge is 0.472 e. The minimum absolute atomic E-state index is 0.108. The molecule has 0 bridgehead atoms. The van der Waals surface area contributed by atoms with Gasteiger partial charge in [-0.3, -0.25) is 18.6 Å². The summed E-state index contributed by atoms with van der Waals surface area (Å²) in [6.07, 6.45) is 36.6. The number of ether oxygens (including phenoxy) is 2. The first-order valence-electron chi connectivity index (χ1n) is 19.6. The van der Waals surface area contributed by atoms with E-state index in [9.17, 15) is 24.2 Å². The summed E-state index contributed by atoms with van der Waals surface area (Å²) in [5, 5.41) is 18.3. The van der Waals surface area contributed by atoms with Crippen molar-refractivity contribution < 1.29 is 47.8 Å². The normalized spacial score (nSPS) is 14.5. The summed E-state index contributed by atoms with van der Waals surface area (Å²) in [5.41, 5.74) is 0. The first kappa shape index (κ1) is 48.9. The SMILES string of the molecule is CCCCC/C=C\C/C=C\C/C=C\C/C=C\CCCC(=O)O[C@H](COC(=O)CCCCCCCCCCCCC)COP(=O)(O)OC[C@@H](O)CO. The van der Waals surface area contributed by atoms with Crippen molar-refractivity contribution in [3.8, 4) is 0 Å². The van der Waals surface area contributed by atoms with E-state index in [1.54, 1.807) is 0 Å². The van der Waals surface area contributed by atoms with Gasteiger partial charge >= 0.3 is 19.8 Å². The van der Waals surface area contributed by atoms with E-state index in [2.05, 4.69) is 54.8 Å². The third-order valence-electron chi connectivity index (χ3n) is 7.99. The molecule has 51 heavy (non-hydrogen) atoms. The van der Waals surface area contributed by atoms with Crippen molar-refractivity contribution in [2.45, 2.75) is 167 Å². The Morgan fingerprint density at radius 2 is 1.04 bits per heavy atom. The second-order valence-electron chi connectivity index (χ2n) is 13.0. The molecule has 0 fully saturated rings. The second kappa shape index (κ2) is 36.3. The molecule has 3 atom stereocenters. The molecule has 0 saturated heterocycles. The Labute approximate surface area is 309 Å². The van der Waals surface area contributed by atoms with E-state index < -0.39 is 51.8 Å². The van der Waals surface area contributed by atoms with Gasteiger partial charge in [0, 0.05) is 12.8 Å². The van der Waals surface area contributed by atoms with Crippen molar-refractivity contribution >= 4 is 19.8 Å². The third kappa shape index (κ3) is 36.1. The van der Waals surface area contributed by atoms with E-state index in [-0.39, 0.29) is 19.4 Å². The highest BCUT2D eigenvalue weighted by Gasteiger charge is 2.27. The van der Waals surface area contributed by atoms with E-state index in [1.165, 1.54) is 64.2 Å². The van der Waals surface area contributed by atoms with Gasteiger partial charge in [0.2, 0.25) is 0 Å². The number of phosphoric acid groups is 1. The fraction of sp³-hybridized carbons (Fsp3) is 0.750. The minimum Gasteiger partial charge on any atom is -0.462 e. The van der Waals surface area contributed by atoms with Crippen molar-refractivity contribution in [3.63, 3.8) is 0 Å². The van der Waals surface area contributed by atoms with Crippen LogP contribution in [0.2, 0.25) is 0 Å². The van der Waals surface area contributed by atoms with Gasteiger partial charge in [-0.05, 0) is 51.4 Å². The Morgan fingerprint density at radius 1 is 0.588 bits per heavy atom. The van der Waals surface area contributed by atoms with E-state index in [1.807, 2.05) is 12.2 Å². The molecule has 0 spiro atoms. The standard InChI is InChI=1S/C40H71O10P/c1-3-5-7-9-11-13-15-16-17-18-19-20-22-24-26-28-30-32-40(44)50-38(36-49-51(45,46)48-34-37(42)33-41)35-47-39(43)31-29-27-25-23-21-14-12-10-8-6-4-2/h11,13,16-17,19-20,24,26,37-38,41-42H,3-10,12,14-15,18,21-23,25,27-36H2,1-2H3,(H,45,46)/b13-11-,17-16-,20-19-,26-24-/t37-,38+/m0/s1. The zero-order valence-corrected chi connectivity index (χ0v) is 32.7. The van der Waals surface area contributed by atoms with Crippen LogP contribution in [0.3, 0.4) is 0 Å². The van der Waals surface area contributed by atoms with Gasteiger partial charge in [-0.15, -0.1) is 0 Å². The molecule has 0 heterocycles. The number of aliphatic hydroxyl groups excluding tert-OH is 2. The van der Waals surface area contributed by atoms with Gasteiger partial charge in [-0.1, -0.05) is 140 Å². The van der Waals surface area contributed by atoms with Crippen LogP contribution in [0.1, 0.15) is 155 Å². The number of esters is 2. The monoisotopic (exact) mass is 742 g/mol. The summed E-state index contributed by atoms with van der Waals surface area (Å²) in [5.74, 6) is -0.993. The fourth-order valence-corrected chi connectivity index (χ4v) is 5.71. The van der Waals surface area contributed by atoms with Gasteiger partial charge in [0.1, 0.15) is 12.7 Å². The van der Waals surface area contributed by atoms with Crippen LogP contribution in [-0.4, -0.2) is 65.7 Å². The molecular weight excluding hydrogens is 671 g/mol. The molecule has 0 amide bonds. The molecule has 0 aliphatic heterocycles. The molecule has 1 unspecified atom stereocenters. The highest BCUT2D eigenvalue weighted by atomic mass is 31.2. The number of phosphoric ester groups is 1. The van der Waals surface area contributed by atoms with E-state index >= 15 is 0 Å². The molecule has 0 aromatic carbocycles. The average Bonchev–Trinajstić information content (AvgIpc) is 3.12. The highest BCUT2D eigenvalue weighted by molar-refractivity contribution is 7.47. The Balaban J connectivity index is 4.47. The van der Waals surface area contributed by atoms with E-state index in [0.717, 1.165) is 44.9 Å². The molecule has 0 aromatic heterocycles. The van der Waals surface area contributed by atoms with Crippen molar-refractivity contribution in [1.82, 2.24) is 0 Å².